The zero-order valence-corrected chi connectivity index (χ0v) is 5.79. The smallest absolute Gasteiger partial charge is 0.118 e. The van der Waals surface area contributed by atoms with Crippen LogP contribution >= 0.6 is 0 Å². The van der Waals surface area contributed by atoms with Gasteiger partial charge in [0.05, 0.1) is 7.11 Å². The first-order valence-electron chi connectivity index (χ1n) is 3.01. The molecule has 2 nitrogen and oxygen atoms in total. The van der Waals surface area contributed by atoms with E-state index in [4.69, 9.17) is 10.1 Å². The van der Waals surface area contributed by atoms with Gasteiger partial charge in [0, 0.05) is 6.21 Å². The van der Waals surface area contributed by atoms with Crippen LogP contribution in [0.5, 0.6) is 5.75 Å². The third-order valence-electron chi connectivity index (χ3n) is 1.28. The van der Waals surface area contributed by atoms with Crippen molar-refractivity contribution in [1.82, 2.24) is 0 Å². The van der Waals surface area contributed by atoms with Crippen LogP contribution in [-0.4, -0.2) is 13.3 Å². The van der Waals surface area contributed by atoms with E-state index in [1.165, 1.54) is 6.21 Å². The molecule has 0 radical (unpaired) electrons. The maximum atomic E-state index is 6.91. The number of ether oxygens (including phenoxy) is 1. The standard InChI is InChI=1S/C8H9NO/c1-10-8-4-2-7(6-9)3-5-8/h2-6,9H,1H3. The highest BCUT2D eigenvalue weighted by Gasteiger charge is 1.88. The summed E-state index contributed by atoms with van der Waals surface area (Å²) in [7, 11) is 1.62. The predicted molar refractivity (Wildman–Crippen MR) is 40.9 cm³/mol. The molecule has 0 amide bonds. The second kappa shape index (κ2) is 3.01. The van der Waals surface area contributed by atoms with Crippen molar-refractivity contribution in [3.05, 3.63) is 29.8 Å². The molecule has 0 aromatic heterocycles. The van der Waals surface area contributed by atoms with Gasteiger partial charge in [-0.25, -0.2) is 0 Å². The Bertz CT molecular complexity index is 215. The average molecular weight is 135 g/mol. The van der Waals surface area contributed by atoms with E-state index in [0.29, 0.717) is 0 Å². The highest BCUT2D eigenvalue weighted by Crippen LogP contribution is 2.09. The third kappa shape index (κ3) is 1.35. The molecule has 10 heavy (non-hydrogen) atoms. The summed E-state index contributed by atoms with van der Waals surface area (Å²) < 4.78 is 4.94. The van der Waals surface area contributed by atoms with Crippen LogP contribution in [0.4, 0.5) is 0 Å². The Labute approximate surface area is 60.0 Å². The summed E-state index contributed by atoms with van der Waals surface area (Å²) in [6.45, 7) is 0. The normalized spacial score (nSPS) is 8.90. The molecular weight excluding hydrogens is 126 g/mol. The Kier molecular flexibility index (Phi) is 2.05. The minimum Gasteiger partial charge on any atom is -0.497 e. The van der Waals surface area contributed by atoms with Gasteiger partial charge < -0.3 is 10.1 Å². The second-order valence-electron chi connectivity index (χ2n) is 1.92. The van der Waals surface area contributed by atoms with Crippen LogP contribution in [-0.2, 0) is 0 Å². The predicted octanol–water partition coefficient (Wildman–Crippen LogP) is 1.69. The van der Waals surface area contributed by atoms with Crippen LogP contribution < -0.4 is 4.74 Å². The lowest BCUT2D eigenvalue weighted by molar-refractivity contribution is 0.415. The van der Waals surface area contributed by atoms with Crippen LogP contribution in [0.25, 0.3) is 0 Å². The van der Waals surface area contributed by atoms with Gasteiger partial charge in [-0.1, -0.05) is 0 Å². The molecule has 0 saturated heterocycles. The molecule has 0 aliphatic heterocycles. The molecule has 0 aliphatic rings. The monoisotopic (exact) mass is 135 g/mol. The molecule has 0 unspecified atom stereocenters. The van der Waals surface area contributed by atoms with E-state index in [9.17, 15) is 0 Å². The lowest BCUT2D eigenvalue weighted by atomic mass is 10.2. The van der Waals surface area contributed by atoms with Gasteiger partial charge in [-0.05, 0) is 29.8 Å². The van der Waals surface area contributed by atoms with E-state index in [2.05, 4.69) is 0 Å². The Morgan fingerprint density at radius 1 is 1.30 bits per heavy atom. The first-order valence-corrected chi connectivity index (χ1v) is 3.01. The molecule has 0 fully saturated rings. The van der Waals surface area contributed by atoms with Crippen molar-refractivity contribution in [3.63, 3.8) is 0 Å². The van der Waals surface area contributed by atoms with E-state index < -0.39 is 0 Å². The largest absolute Gasteiger partial charge is 0.497 e. The van der Waals surface area contributed by atoms with Crippen molar-refractivity contribution >= 4 is 6.21 Å². The van der Waals surface area contributed by atoms with E-state index in [-0.39, 0.29) is 0 Å². The Morgan fingerprint density at radius 3 is 2.30 bits per heavy atom. The van der Waals surface area contributed by atoms with Crippen LogP contribution in [0.1, 0.15) is 5.56 Å². The molecule has 1 aromatic rings. The van der Waals surface area contributed by atoms with Gasteiger partial charge >= 0.3 is 0 Å². The fourth-order valence-electron chi connectivity index (χ4n) is 0.700. The summed E-state index contributed by atoms with van der Waals surface area (Å²) in [6.07, 6.45) is 1.30. The summed E-state index contributed by atoms with van der Waals surface area (Å²) in [5.41, 5.74) is 0.890. The zero-order valence-electron chi connectivity index (χ0n) is 5.79. The number of hydrogen-bond acceptors (Lipinski definition) is 2. The van der Waals surface area contributed by atoms with Crippen molar-refractivity contribution < 1.29 is 4.74 Å². The Hall–Kier alpha value is -1.31. The number of methoxy groups -OCH3 is 1. The van der Waals surface area contributed by atoms with E-state index in [1.807, 2.05) is 24.3 Å². The number of benzene rings is 1. The topological polar surface area (TPSA) is 33.1 Å². The minimum absolute atomic E-state index is 0.825. The molecule has 0 aliphatic carbocycles. The average Bonchev–Trinajstić information content (AvgIpc) is 2.05. The summed E-state index contributed by atoms with van der Waals surface area (Å²) in [6, 6.07) is 7.35. The van der Waals surface area contributed by atoms with E-state index >= 15 is 0 Å². The molecule has 0 atom stereocenters. The summed E-state index contributed by atoms with van der Waals surface area (Å²) in [4.78, 5) is 0. The van der Waals surface area contributed by atoms with Gasteiger partial charge in [0.1, 0.15) is 5.75 Å². The van der Waals surface area contributed by atoms with Crippen molar-refractivity contribution in [2.75, 3.05) is 7.11 Å². The number of nitrogens with one attached hydrogen (secondary N) is 1. The Balaban J connectivity index is 2.90. The third-order valence-corrected chi connectivity index (χ3v) is 1.28. The van der Waals surface area contributed by atoms with Crippen molar-refractivity contribution in [1.29, 1.82) is 5.41 Å². The highest BCUT2D eigenvalue weighted by molar-refractivity contribution is 5.76. The number of hydrogen-bond donors (Lipinski definition) is 1. The highest BCUT2D eigenvalue weighted by atomic mass is 16.5. The summed E-state index contributed by atoms with van der Waals surface area (Å²) in [5, 5.41) is 6.91. The SMILES string of the molecule is COc1ccc(C=N)cc1. The van der Waals surface area contributed by atoms with Crippen molar-refractivity contribution in [2.45, 2.75) is 0 Å². The lowest BCUT2D eigenvalue weighted by Gasteiger charge is -1.97. The molecule has 0 heterocycles. The first kappa shape index (κ1) is 6.81. The van der Waals surface area contributed by atoms with Crippen LogP contribution in [0.3, 0.4) is 0 Å². The quantitative estimate of drug-likeness (QED) is 0.615. The molecule has 0 spiro atoms. The fourth-order valence-corrected chi connectivity index (χ4v) is 0.700. The van der Waals surface area contributed by atoms with E-state index in [0.717, 1.165) is 11.3 Å². The van der Waals surface area contributed by atoms with Gasteiger partial charge in [-0.15, -0.1) is 0 Å². The van der Waals surface area contributed by atoms with Crippen molar-refractivity contribution in [2.24, 2.45) is 0 Å². The van der Waals surface area contributed by atoms with Crippen LogP contribution in [0.2, 0.25) is 0 Å². The van der Waals surface area contributed by atoms with Gasteiger partial charge in [0.25, 0.3) is 0 Å². The molecule has 52 valence electrons. The van der Waals surface area contributed by atoms with Crippen molar-refractivity contribution in [3.8, 4) is 5.75 Å². The maximum Gasteiger partial charge on any atom is 0.118 e. The van der Waals surface area contributed by atoms with Gasteiger partial charge in [-0.2, -0.15) is 0 Å². The molecular formula is C8H9NO. The Morgan fingerprint density at radius 2 is 1.90 bits per heavy atom. The van der Waals surface area contributed by atoms with Gasteiger partial charge in [-0.3, -0.25) is 0 Å². The first-order chi connectivity index (χ1) is 4.86. The van der Waals surface area contributed by atoms with Gasteiger partial charge in [0.2, 0.25) is 0 Å². The molecule has 1 N–H and O–H groups in total. The summed E-state index contributed by atoms with van der Waals surface area (Å²) >= 11 is 0. The van der Waals surface area contributed by atoms with Gasteiger partial charge in [0.15, 0.2) is 0 Å². The molecule has 1 aromatic carbocycles. The minimum atomic E-state index is 0.825. The molecule has 1 rings (SSSR count). The number of rotatable bonds is 2. The fraction of sp³-hybridized carbons (Fsp3) is 0.125. The van der Waals surface area contributed by atoms with Crippen LogP contribution in [0, 0.1) is 5.41 Å². The lowest BCUT2D eigenvalue weighted by Crippen LogP contribution is -1.82. The maximum absolute atomic E-state index is 6.91. The van der Waals surface area contributed by atoms with Crippen LogP contribution in [0.15, 0.2) is 24.3 Å². The zero-order chi connectivity index (χ0) is 7.40. The van der Waals surface area contributed by atoms with E-state index in [1.54, 1.807) is 7.11 Å². The second-order valence-corrected chi connectivity index (χ2v) is 1.92. The molecule has 0 bridgehead atoms. The molecule has 2 heteroatoms. The summed E-state index contributed by atoms with van der Waals surface area (Å²) in [5.74, 6) is 0.825. The molecule has 0 saturated carbocycles.